The Kier molecular flexibility index (Phi) is 5.23. The van der Waals surface area contributed by atoms with Gasteiger partial charge in [-0.15, -0.1) is 0 Å². The van der Waals surface area contributed by atoms with E-state index >= 15 is 0 Å². The highest BCUT2D eigenvalue weighted by atomic mass is 31.1. The molecule has 0 aromatic rings. The van der Waals surface area contributed by atoms with E-state index in [0.29, 0.717) is 14.6 Å². The maximum Gasteiger partial charge on any atom is 0.412 e. The molecule has 0 aromatic carbocycles. The van der Waals surface area contributed by atoms with Crippen LogP contribution in [0, 0.1) is 5.92 Å². The Bertz CT molecular complexity index is 150. The van der Waals surface area contributed by atoms with Crippen molar-refractivity contribution in [2.24, 2.45) is 5.92 Å². The first-order chi connectivity index (χ1) is 5.49. The quantitative estimate of drug-likeness (QED) is 0.641. The van der Waals surface area contributed by atoms with Crippen LogP contribution >= 0.6 is 8.73 Å². The summed E-state index contributed by atoms with van der Waals surface area (Å²) >= 11 is 0. The molecule has 0 heterocycles. The number of amides is 1. The normalized spacial score (nSPS) is 13.8. The second kappa shape index (κ2) is 5.36. The smallest absolute Gasteiger partial charge is 0.412 e. The van der Waals surface area contributed by atoms with E-state index in [-0.39, 0.29) is 12.2 Å². The van der Waals surface area contributed by atoms with E-state index in [1.165, 1.54) is 0 Å². The van der Waals surface area contributed by atoms with Gasteiger partial charge >= 0.3 is 6.09 Å². The Hall–Kier alpha value is -0.300. The Morgan fingerprint density at radius 2 is 1.92 bits per heavy atom. The number of carbonyl (C=O) groups is 1. The van der Waals surface area contributed by atoms with Crippen LogP contribution in [-0.2, 0) is 4.74 Å². The summed E-state index contributed by atoms with van der Waals surface area (Å²) in [6, 6.07) is 0. The third-order valence-electron chi connectivity index (χ3n) is 1.83. The molecular weight excluding hydrogens is 173 g/mol. The minimum absolute atomic E-state index is 0.00343. The maximum atomic E-state index is 11.2. The molecule has 0 aliphatic carbocycles. The predicted octanol–water partition coefficient (Wildman–Crippen LogP) is 2.32. The summed E-state index contributed by atoms with van der Waals surface area (Å²) in [5.74, 6) is 0.377. The molecule has 2 unspecified atom stereocenters. The van der Waals surface area contributed by atoms with Gasteiger partial charge in [0.25, 0.3) is 0 Å². The molecule has 0 aromatic heterocycles. The number of ether oxygens (including phenoxy) is 1. The number of carbonyl (C=O) groups excluding carboxylic acids is 1. The zero-order valence-corrected chi connectivity index (χ0v) is 9.42. The van der Waals surface area contributed by atoms with Crippen molar-refractivity contribution < 1.29 is 9.53 Å². The monoisotopic (exact) mass is 191 g/mol. The van der Waals surface area contributed by atoms with Crippen molar-refractivity contribution in [1.82, 2.24) is 4.67 Å². The van der Waals surface area contributed by atoms with Crippen LogP contribution in [0.25, 0.3) is 0 Å². The zero-order valence-electron chi connectivity index (χ0n) is 8.42. The van der Waals surface area contributed by atoms with E-state index < -0.39 is 0 Å². The first kappa shape index (κ1) is 11.7. The highest BCUT2D eigenvalue weighted by Gasteiger charge is 2.14. The largest absolute Gasteiger partial charge is 0.446 e. The van der Waals surface area contributed by atoms with E-state index in [0.717, 1.165) is 0 Å². The molecule has 0 radical (unpaired) electrons. The molecule has 0 rings (SSSR count). The first-order valence-electron chi connectivity index (χ1n) is 4.10. The fourth-order valence-corrected chi connectivity index (χ4v) is 0.701. The number of rotatable bonds is 3. The van der Waals surface area contributed by atoms with Gasteiger partial charge in [0.1, 0.15) is 6.10 Å². The summed E-state index contributed by atoms with van der Waals surface area (Å²) < 4.78 is 6.74. The second-order valence-corrected chi connectivity index (χ2v) is 4.23. The van der Waals surface area contributed by atoms with Crippen LogP contribution in [0.1, 0.15) is 20.8 Å². The third-order valence-corrected chi connectivity index (χ3v) is 2.69. The highest BCUT2D eigenvalue weighted by Crippen LogP contribution is 2.13. The average molecular weight is 191 g/mol. The Morgan fingerprint density at radius 3 is 2.25 bits per heavy atom. The van der Waals surface area contributed by atoms with Crippen LogP contribution in [0.15, 0.2) is 0 Å². The molecule has 0 saturated carbocycles. The van der Waals surface area contributed by atoms with E-state index in [1.807, 2.05) is 27.4 Å². The Morgan fingerprint density at radius 1 is 1.42 bits per heavy atom. The van der Waals surface area contributed by atoms with Crippen molar-refractivity contribution in [3.63, 3.8) is 0 Å². The molecule has 0 aliphatic heterocycles. The predicted molar refractivity (Wildman–Crippen MR) is 52.8 cm³/mol. The number of nitrogens with zero attached hydrogens (tertiary/aromatic N) is 1. The summed E-state index contributed by atoms with van der Waals surface area (Å²) in [5.41, 5.74) is 0. The Balaban J connectivity index is 3.84. The summed E-state index contributed by atoms with van der Waals surface area (Å²) in [5, 5.41) is 0. The van der Waals surface area contributed by atoms with Gasteiger partial charge in [-0.25, -0.2) is 4.79 Å². The fourth-order valence-electron chi connectivity index (χ4n) is 0.465. The minimum atomic E-state index is -0.225. The van der Waals surface area contributed by atoms with Gasteiger partial charge in [-0.05, 0) is 28.2 Å². The molecule has 0 N–H and O–H groups in total. The van der Waals surface area contributed by atoms with Crippen molar-refractivity contribution in [1.29, 1.82) is 0 Å². The van der Waals surface area contributed by atoms with Crippen molar-refractivity contribution in [2.75, 3.05) is 13.7 Å². The molecule has 72 valence electrons. The molecule has 0 bridgehead atoms. The van der Waals surface area contributed by atoms with Crippen LogP contribution in [0.2, 0.25) is 0 Å². The van der Waals surface area contributed by atoms with Gasteiger partial charge in [-0.2, -0.15) is 0 Å². The van der Waals surface area contributed by atoms with Gasteiger partial charge in [-0.1, -0.05) is 13.8 Å². The van der Waals surface area contributed by atoms with Crippen LogP contribution < -0.4 is 0 Å². The molecule has 1 amide bonds. The second-order valence-electron chi connectivity index (χ2n) is 3.12. The lowest BCUT2D eigenvalue weighted by molar-refractivity contribution is 0.0714. The Labute approximate surface area is 76.3 Å². The van der Waals surface area contributed by atoms with Gasteiger partial charge in [0.2, 0.25) is 0 Å². The van der Waals surface area contributed by atoms with Crippen LogP contribution in [0.4, 0.5) is 4.79 Å². The van der Waals surface area contributed by atoms with E-state index in [2.05, 4.69) is 0 Å². The lowest BCUT2D eigenvalue weighted by atomic mass is 10.1. The molecule has 0 fully saturated rings. The van der Waals surface area contributed by atoms with Crippen molar-refractivity contribution in [3.8, 4) is 0 Å². The van der Waals surface area contributed by atoms with Crippen LogP contribution in [0.3, 0.4) is 0 Å². The van der Waals surface area contributed by atoms with Gasteiger partial charge in [0, 0.05) is 7.05 Å². The molecule has 0 spiro atoms. The molecule has 2 atom stereocenters. The lowest BCUT2D eigenvalue weighted by Crippen LogP contribution is -2.26. The van der Waals surface area contributed by atoms with Crippen LogP contribution in [0.5, 0.6) is 0 Å². The van der Waals surface area contributed by atoms with Gasteiger partial charge in [-0.3, -0.25) is 4.67 Å². The molecular formula is C8H18NO2P. The molecule has 3 nitrogen and oxygen atoms in total. The third kappa shape index (κ3) is 3.91. The topological polar surface area (TPSA) is 29.5 Å². The maximum absolute atomic E-state index is 11.2. The van der Waals surface area contributed by atoms with E-state index in [4.69, 9.17) is 4.74 Å². The molecule has 0 saturated heterocycles. The summed E-state index contributed by atoms with van der Waals surface area (Å²) in [7, 11) is 2.21. The standard InChI is InChI=1S/C8H18NO2P/c1-6(2)7(3)11-8(10)9(4)12-5/h6-7,12H,1-5H3. The van der Waals surface area contributed by atoms with Crippen LogP contribution in [-0.4, -0.2) is 30.6 Å². The van der Waals surface area contributed by atoms with E-state index in [1.54, 1.807) is 11.7 Å². The summed E-state index contributed by atoms with van der Waals surface area (Å²) in [4.78, 5) is 11.2. The number of hydrogen-bond acceptors (Lipinski definition) is 2. The van der Waals surface area contributed by atoms with Gasteiger partial charge in [0.05, 0.1) is 0 Å². The molecule has 4 heteroatoms. The summed E-state index contributed by atoms with van der Waals surface area (Å²) in [6.07, 6.45) is -0.228. The first-order valence-corrected chi connectivity index (χ1v) is 5.55. The van der Waals surface area contributed by atoms with Crippen molar-refractivity contribution in [3.05, 3.63) is 0 Å². The van der Waals surface area contributed by atoms with E-state index in [9.17, 15) is 4.79 Å². The summed E-state index contributed by atoms with van der Waals surface area (Å²) in [6.45, 7) is 7.93. The number of hydrogen-bond donors (Lipinski definition) is 0. The van der Waals surface area contributed by atoms with Gasteiger partial charge in [0.15, 0.2) is 0 Å². The minimum Gasteiger partial charge on any atom is -0.446 e. The van der Waals surface area contributed by atoms with Crippen molar-refractivity contribution in [2.45, 2.75) is 26.9 Å². The van der Waals surface area contributed by atoms with Crippen molar-refractivity contribution >= 4 is 14.8 Å². The van der Waals surface area contributed by atoms with Gasteiger partial charge < -0.3 is 4.74 Å². The highest BCUT2D eigenvalue weighted by molar-refractivity contribution is 7.35. The average Bonchev–Trinajstić information content (AvgIpc) is 2.02. The zero-order chi connectivity index (χ0) is 9.72. The fraction of sp³-hybridized carbons (Fsp3) is 0.875. The SMILES string of the molecule is CPN(C)C(=O)OC(C)C(C)C. The molecule has 12 heavy (non-hydrogen) atoms. The molecule has 0 aliphatic rings. The lowest BCUT2D eigenvalue weighted by Gasteiger charge is -2.20.